The van der Waals surface area contributed by atoms with Gasteiger partial charge in [0.15, 0.2) is 0 Å². The summed E-state index contributed by atoms with van der Waals surface area (Å²) in [6.45, 7) is 5.40. The van der Waals surface area contributed by atoms with Gasteiger partial charge in [-0.15, -0.1) is 0 Å². The molecule has 2 rings (SSSR count). The summed E-state index contributed by atoms with van der Waals surface area (Å²) in [6.07, 6.45) is 7.68. The van der Waals surface area contributed by atoms with E-state index in [1.54, 1.807) is 13.3 Å². The number of methoxy groups -OCH3 is 1. The van der Waals surface area contributed by atoms with Crippen molar-refractivity contribution < 1.29 is 14.3 Å². The van der Waals surface area contributed by atoms with E-state index in [0.717, 1.165) is 48.0 Å². The molecule has 1 unspecified atom stereocenters. The maximum atomic E-state index is 11.7. The van der Waals surface area contributed by atoms with Gasteiger partial charge in [-0.2, -0.15) is 0 Å². The smallest absolute Gasteiger partial charge is 0.407 e. The lowest BCUT2D eigenvalue weighted by molar-refractivity contribution is 0.143. The van der Waals surface area contributed by atoms with Gasteiger partial charge in [0.05, 0.1) is 24.9 Å². The molecule has 1 heterocycles. The number of unbranched alkanes of at least 4 members (excludes halogenated alkanes) is 3. The number of hydrogen-bond acceptors (Lipinski definition) is 5. The van der Waals surface area contributed by atoms with Gasteiger partial charge in [0, 0.05) is 30.2 Å². The number of hydrogen-bond donors (Lipinski definition) is 2. The summed E-state index contributed by atoms with van der Waals surface area (Å²) in [4.78, 5) is 16.1. The molecule has 6 heteroatoms. The Balaban J connectivity index is 1.72. The van der Waals surface area contributed by atoms with E-state index in [1.807, 2.05) is 24.3 Å². The Kier molecular flexibility index (Phi) is 9.39. The van der Waals surface area contributed by atoms with Crippen LogP contribution in [0.5, 0.6) is 5.75 Å². The lowest BCUT2D eigenvalue weighted by atomic mass is 10.1. The third kappa shape index (κ3) is 7.25. The normalized spacial score (nSPS) is 11.8. The van der Waals surface area contributed by atoms with Crippen molar-refractivity contribution in [3.8, 4) is 5.75 Å². The van der Waals surface area contributed by atoms with Gasteiger partial charge in [0.1, 0.15) is 5.75 Å². The first-order valence-electron chi connectivity index (χ1n) is 10.2. The number of carbonyl (C=O) groups excluding carboxylic acids is 1. The Hall–Kier alpha value is -2.50. The van der Waals surface area contributed by atoms with Gasteiger partial charge in [-0.3, -0.25) is 4.98 Å². The van der Waals surface area contributed by atoms with Crippen LogP contribution in [0.25, 0.3) is 10.9 Å². The molecule has 0 spiro atoms. The molecule has 2 aromatic rings. The molecule has 1 aromatic carbocycles. The van der Waals surface area contributed by atoms with Crippen molar-refractivity contribution >= 4 is 22.7 Å². The number of fused-ring (bicyclic) bond motifs is 1. The predicted octanol–water partition coefficient (Wildman–Crippen LogP) is 5.13. The average Bonchev–Trinajstić information content (AvgIpc) is 2.71. The van der Waals surface area contributed by atoms with Crippen molar-refractivity contribution in [2.75, 3.05) is 25.6 Å². The maximum Gasteiger partial charge on any atom is 0.407 e. The molecular formula is C22H33N3O3. The Morgan fingerprint density at radius 2 is 2.07 bits per heavy atom. The number of rotatable bonds is 12. The molecule has 0 aliphatic carbocycles. The monoisotopic (exact) mass is 387 g/mol. The van der Waals surface area contributed by atoms with Crippen LogP contribution in [0.4, 0.5) is 10.5 Å². The van der Waals surface area contributed by atoms with Crippen LogP contribution in [0.2, 0.25) is 0 Å². The predicted molar refractivity (Wildman–Crippen MR) is 114 cm³/mol. The van der Waals surface area contributed by atoms with Gasteiger partial charge in [-0.1, -0.05) is 32.3 Å². The van der Waals surface area contributed by atoms with E-state index < -0.39 is 0 Å². The van der Waals surface area contributed by atoms with E-state index in [4.69, 9.17) is 9.47 Å². The number of benzene rings is 1. The minimum atomic E-state index is -0.319. The molecule has 0 fully saturated rings. The minimum Gasteiger partial charge on any atom is -0.497 e. The van der Waals surface area contributed by atoms with Crippen molar-refractivity contribution in [2.45, 2.75) is 58.4 Å². The first-order valence-corrected chi connectivity index (χ1v) is 10.2. The number of pyridine rings is 1. The van der Waals surface area contributed by atoms with E-state index in [2.05, 4.69) is 29.5 Å². The number of alkyl carbamates (subject to hydrolysis) is 1. The van der Waals surface area contributed by atoms with Crippen molar-refractivity contribution in [2.24, 2.45) is 0 Å². The molecule has 0 saturated heterocycles. The second-order valence-corrected chi connectivity index (χ2v) is 7.06. The Bertz CT molecular complexity index is 736. The zero-order chi connectivity index (χ0) is 20.2. The quantitative estimate of drug-likeness (QED) is 0.494. The second-order valence-electron chi connectivity index (χ2n) is 7.06. The summed E-state index contributed by atoms with van der Waals surface area (Å²) in [7, 11) is 1.67. The van der Waals surface area contributed by atoms with Gasteiger partial charge < -0.3 is 20.1 Å². The number of carbonyl (C=O) groups is 1. The molecule has 1 amide bonds. The highest BCUT2D eigenvalue weighted by atomic mass is 16.5. The summed E-state index contributed by atoms with van der Waals surface area (Å²) in [6, 6.07) is 8.14. The van der Waals surface area contributed by atoms with E-state index >= 15 is 0 Å². The number of nitrogens with zero attached hydrogens (tertiary/aromatic N) is 1. The minimum absolute atomic E-state index is 0.240. The third-order valence-electron chi connectivity index (χ3n) is 4.63. The van der Waals surface area contributed by atoms with Crippen LogP contribution < -0.4 is 15.4 Å². The highest BCUT2D eigenvalue weighted by Crippen LogP contribution is 2.28. The fourth-order valence-corrected chi connectivity index (χ4v) is 3.07. The molecule has 0 aliphatic heterocycles. The SMILES string of the molecule is CCCCCCOC(=O)NCCCC(C)Nc1cc(OC)cc2cccnc12. The van der Waals surface area contributed by atoms with Gasteiger partial charge in [-0.25, -0.2) is 4.79 Å². The topological polar surface area (TPSA) is 72.5 Å². The van der Waals surface area contributed by atoms with E-state index in [9.17, 15) is 4.79 Å². The van der Waals surface area contributed by atoms with Gasteiger partial charge >= 0.3 is 6.09 Å². The molecule has 0 radical (unpaired) electrons. The molecule has 1 atom stereocenters. The Morgan fingerprint density at radius 1 is 1.21 bits per heavy atom. The van der Waals surface area contributed by atoms with Crippen molar-refractivity contribution in [1.29, 1.82) is 0 Å². The van der Waals surface area contributed by atoms with Crippen LogP contribution in [0.3, 0.4) is 0 Å². The molecule has 0 saturated carbocycles. The Morgan fingerprint density at radius 3 is 2.86 bits per heavy atom. The van der Waals surface area contributed by atoms with E-state index in [0.29, 0.717) is 13.2 Å². The highest BCUT2D eigenvalue weighted by Gasteiger charge is 2.09. The third-order valence-corrected chi connectivity index (χ3v) is 4.63. The van der Waals surface area contributed by atoms with Crippen LogP contribution in [0, 0.1) is 0 Å². The van der Waals surface area contributed by atoms with Crippen molar-refractivity contribution in [3.63, 3.8) is 0 Å². The van der Waals surface area contributed by atoms with E-state index in [1.165, 1.54) is 12.8 Å². The summed E-state index contributed by atoms with van der Waals surface area (Å²) in [5.74, 6) is 0.804. The lowest BCUT2D eigenvalue weighted by Gasteiger charge is -2.17. The van der Waals surface area contributed by atoms with Gasteiger partial charge in [0.25, 0.3) is 0 Å². The molecule has 0 aliphatic rings. The standard InChI is InChI=1S/C22H33N3O3/c1-4-5-6-7-14-28-22(26)24-13-8-10-17(2)25-20-16-19(27-3)15-18-11-9-12-23-21(18)20/h9,11-12,15-17,25H,4-8,10,13-14H2,1-3H3,(H,24,26). The first kappa shape index (κ1) is 21.8. The summed E-state index contributed by atoms with van der Waals surface area (Å²) in [5, 5.41) is 7.38. The lowest BCUT2D eigenvalue weighted by Crippen LogP contribution is -2.27. The number of aromatic nitrogens is 1. The highest BCUT2D eigenvalue weighted by molar-refractivity contribution is 5.91. The molecule has 2 N–H and O–H groups in total. The number of amides is 1. The molecule has 28 heavy (non-hydrogen) atoms. The van der Waals surface area contributed by atoms with Crippen LogP contribution in [0.1, 0.15) is 52.4 Å². The van der Waals surface area contributed by atoms with E-state index in [-0.39, 0.29) is 12.1 Å². The summed E-state index contributed by atoms with van der Waals surface area (Å²) >= 11 is 0. The zero-order valence-electron chi connectivity index (χ0n) is 17.3. The maximum absolute atomic E-state index is 11.7. The van der Waals surface area contributed by atoms with Crippen molar-refractivity contribution in [3.05, 3.63) is 30.5 Å². The zero-order valence-corrected chi connectivity index (χ0v) is 17.3. The molecule has 1 aromatic heterocycles. The van der Waals surface area contributed by atoms with Crippen LogP contribution in [-0.4, -0.2) is 37.4 Å². The molecule has 6 nitrogen and oxygen atoms in total. The Labute approximate surface area is 168 Å². The van der Waals surface area contributed by atoms with Crippen LogP contribution in [-0.2, 0) is 4.74 Å². The second kappa shape index (κ2) is 12.1. The largest absolute Gasteiger partial charge is 0.497 e. The molecule has 154 valence electrons. The number of nitrogens with one attached hydrogen (secondary N) is 2. The van der Waals surface area contributed by atoms with Gasteiger partial charge in [0.2, 0.25) is 0 Å². The van der Waals surface area contributed by atoms with Crippen molar-refractivity contribution in [1.82, 2.24) is 10.3 Å². The summed E-state index contributed by atoms with van der Waals surface area (Å²) in [5.41, 5.74) is 1.89. The fourth-order valence-electron chi connectivity index (χ4n) is 3.07. The molecular weight excluding hydrogens is 354 g/mol. The first-order chi connectivity index (χ1) is 13.6. The number of ether oxygens (including phenoxy) is 2. The number of anilines is 1. The van der Waals surface area contributed by atoms with Crippen LogP contribution >= 0.6 is 0 Å². The molecule has 0 bridgehead atoms. The van der Waals surface area contributed by atoms with Gasteiger partial charge in [-0.05, 0) is 38.3 Å². The van der Waals surface area contributed by atoms with Crippen LogP contribution in [0.15, 0.2) is 30.5 Å². The fraction of sp³-hybridized carbons (Fsp3) is 0.545. The average molecular weight is 388 g/mol. The summed E-state index contributed by atoms with van der Waals surface area (Å²) < 4.78 is 10.6.